The monoisotopic (exact) mass is 427 g/mol. The number of carbonyl (C=O) groups is 2. The first kappa shape index (κ1) is 22.3. The molecule has 0 radical (unpaired) electrons. The van der Waals surface area contributed by atoms with Gasteiger partial charge in [-0.3, -0.25) is 0 Å². The molecule has 0 spiro atoms. The Bertz CT molecular complexity index is 849. The third-order valence-corrected chi connectivity index (χ3v) is 5.48. The maximum absolute atomic E-state index is 12.4. The summed E-state index contributed by atoms with van der Waals surface area (Å²) in [6.07, 6.45) is 0. The summed E-state index contributed by atoms with van der Waals surface area (Å²) in [6, 6.07) is 6.69. The zero-order valence-electron chi connectivity index (χ0n) is 16.0. The van der Waals surface area contributed by atoms with E-state index in [4.69, 9.17) is 27.9 Å². The topological polar surface area (TPSA) is 87.1 Å². The Hall–Kier alpha value is -2.02. The lowest BCUT2D eigenvalue weighted by Gasteiger charge is -2.43. The standard InChI is InChI=1S/C20H23Cl2NO5/c1-4-23-12(2)16(18(24)25)20(3,13-7-5-6-8-14(13)22)17(19(26)27)15(23)11-28-10-9-21/h5-8H,4,9-11H2,1-3H3,(H,24,25)(H,26,27). The van der Waals surface area contributed by atoms with Crippen molar-refractivity contribution in [2.24, 2.45) is 0 Å². The quantitative estimate of drug-likeness (QED) is 0.483. The van der Waals surface area contributed by atoms with Crippen molar-refractivity contribution >= 4 is 35.1 Å². The van der Waals surface area contributed by atoms with Crippen molar-refractivity contribution in [2.75, 3.05) is 25.6 Å². The molecule has 0 fully saturated rings. The molecular formula is C20H23Cl2NO5. The second-order valence-electron chi connectivity index (χ2n) is 6.48. The van der Waals surface area contributed by atoms with Crippen LogP contribution in [0.3, 0.4) is 0 Å². The molecule has 0 saturated heterocycles. The zero-order valence-corrected chi connectivity index (χ0v) is 17.5. The summed E-state index contributed by atoms with van der Waals surface area (Å²) >= 11 is 12.1. The lowest BCUT2D eigenvalue weighted by Crippen LogP contribution is -2.45. The van der Waals surface area contributed by atoms with Crippen molar-refractivity contribution in [1.82, 2.24) is 4.90 Å². The van der Waals surface area contributed by atoms with E-state index in [1.54, 1.807) is 43.0 Å². The van der Waals surface area contributed by atoms with Gasteiger partial charge in [0.25, 0.3) is 0 Å². The van der Waals surface area contributed by atoms with E-state index in [0.29, 0.717) is 28.5 Å². The minimum absolute atomic E-state index is 0.00747. The number of aliphatic carboxylic acids is 2. The van der Waals surface area contributed by atoms with Crippen molar-refractivity contribution in [3.63, 3.8) is 0 Å². The van der Waals surface area contributed by atoms with Crippen LogP contribution in [-0.4, -0.2) is 52.7 Å². The van der Waals surface area contributed by atoms with Crippen LogP contribution in [0.5, 0.6) is 0 Å². The fraction of sp³-hybridized carbons (Fsp3) is 0.400. The molecule has 152 valence electrons. The third kappa shape index (κ3) is 3.77. The molecule has 2 rings (SSSR count). The summed E-state index contributed by atoms with van der Waals surface area (Å²) in [7, 11) is 0. The number of carboxylic acids is 2. The molecule has 1 aliphatic heterocycles. The third-order valence-electron chi connectivity index (χ3n) is 5.00. The molecule has 6 nitrogen and oxygen atoms in total. The number of hydrogen-bond acceptors (Lipinski definition) is 4. The van der Waals surface area contributed by atoms with E-state index in [2.05, 4.69) is 0 Å². The predicted octanol–water partition coefficient (Wildman–Crippen LogP) is 3.89. The van der Waals surface area contributed by atoms with Gasteiger partial charge in [-0.05, 0) is 32.4 Å². The van der Waals surface area contributed by atoms with Crippen LogP contribution in [-0.2, 0) is 19.7 Å². The number of halogens is 2. The minimum atomic E-state index is -1.47. The molecule has 1 aromatic rings. The first-order chi connectivity index (χ1) is 13.2. The van der Waals surface area contributed by atoms with Gasteiger partial charge < -0.3 is 19.8 Å². The second-order valence-corrected chi connectivity index (χ2v) is 7.27. The number of hydrogen-bond donors (Lipinski definition) is 2. The summed E-state index contributed by atoms with van der Waals surface area (Å²) in [5.41, 5.74) is -0.305. The fourth-order valence-corrected chi connectivity index (χ4v) is 4.33. The maximum atomic E-state index is 12.4. The largest absolute Gasteiger partial charge is 0.478 e. The highest BCUT2D eigenvalue weighted by Crippen LogP contribution is 2.48. The highest BCUT2D eigenvalue weighted by Gasteiger charge is 2.50. The Morgan fingerprint density at radius 3 is 2.29 bits per heavy atom. The molecular weight excluding hydrogens is 405 g/mol. The van der Waals surface area contributed by atoms with Crippen LogP contribution in [0.15, 0.2) is 46.8 Å². The number of rotatable bonds is 8. The fourth-order valence-electron chi connectivity index (χ4n) is 3.89. The SMILES string of the molecule is CCN1C(C)=C(C(=O)O)C(C)(c2ccccc2Cl)C(C(=O)O)=C1COCCCl. The molecule has 1 aliphatic rings. The van der Waals surface area contributed by atoms with E-state index in [1.165, 1.54) is 0 Å². The average molecular weight is 428 g/mol. The van der Waals surface area contributed by atoms with E-state index < -0.39 is 17.4 Å². The second kappa shape index (κ2) is 8.99. The van der Waals surface area contributed by atoms with E-state index >= 15 is 0 Å². The molecule has 1 unspecified atom stereocenters. The molecule has 0 aliphatic carbocycles. The number of carboxylic acid groups (broad SMARTS) is 2. The first-order valence-electron chi connectivity index (χ1n) is 8.79. The summed E-state index contributed by atoms with van der Waals surface area (Å²) < 4.78 is 5.54. The Morgan fingerprint density at radius 1 is 1.18 bits per heavy atom. The van der Waals surface area contributed by atoms with E-state index in [0.717, 1.165) is 0 Å². The molecule has 0 saturated carbocycles. The summed E-state index contributed by atoms with van der Waals surface area (Å²) in [5, 5.41) is 20.4. The molecule has 8 heteroatoms. The van der Waals surface area contributed by atoms with E-state index in [-0.39, 0.29) is 30.2 Å². The number of ether oxygens (including phenoxy) is 1. The van der Waals surface area contributed by atoms with Crippen molar-refractivity contribution in [1.29, 1.82) is 0 Å². The van der Waals surface area contributed by atoms with Crippen LogP contribution < -0.4 is 0 Å². The van der Waals surface area contributed by atoms with Gasteiger partial charge in [0.05, 0.1) is 35.5 Å². The molecule has 2 N–H and O–H groups in total. The lowest BCUT2D eigenvalue weighted by molar-refractivity contribution is -0.134. The minimum Gasteiger partial charge on any atom is -0.478 e. The Morgan fingerprint density at radius 2 is 1.79 bits per heavy atom. The van der Waals surface area contributed by atoms with Crippen LogP contribution in [0.1, 0.15) is 26.3 Å². The predicted molar refractivity (Wildman–Crippen MR) is 108 cm³/mol. The lowest BCUT2D eigenvalue weighted by atomic mass is 9.66. The Labute approximate surface area is 174 Å². The van der Waals surface area contributed by atoms with Crippen LogP contribution in [0.25, 0.3) is 0 Å². The van der Waals surface area contributed by atoms with Gasteiger partial charge in [-0.2, -0.15) is 0 Å². The van der Waals surface area contributed by atoms with Crippen LogP contribution >= 0.6 is 23.2 Å². The molecule has 28 heavy (non-hydrogen) atoms. The van der Waals surface area contributed by atoms with Gasteiger partial charge in [-0.25, -0.2) is 9.59 Å². The van der Waals surface area contributed by atoms with E-state index in [1.807, 2.05) is 6.92 Å². The normalized spacial score (nSPS) is 20.0. The van der Waals surface area contributed by atoms with Crippen molar-refractivity contribution in [2.45, 2.75) is 26.2 Å². The smallest absolute Gasteiger partial charge is 0.334 e. The number of likely N-dealkylation sites (N-methyl/N-ethyl adjacent to an activating group) is 1. The van der Waals surface area contributed by atoms with Gasteiger partial charge >= 0.3 is 11.9 Å². The summed E-state index contributed by atoms with van der Waals surface area (Å²) in [6.45, 7) is 5.69. The number of alkyl halides is 1. The van der Waals surface area contributed by atoms with Gasteiger partial charge in [0.2, 0.25) is 0 Å². The first-order valence-corrected chi connectivity index (χ1v) is 9.70. The summed E-state index contributed by atoms with van der Waals surface area (Å²) in [5.74, 6) is -2.16. The van der Waals surface area contributed by atoms with Crippen LogP contribution in [0.4, 0.5) is 0 Å². The highest BCUT2D eigenvalue weighted by atomic mass is 35.5. The van der Waals surface area contributed by atoms with Gasteiger partial charge in [0.15, 0.2) is 0 Å². The van der Waals surface area contributed by atoms with Gasteiger partial charge in [0, 0.05) is 23.1 Å². The summed E-state index contributed by atoms with van der Waals surface area (Å²) in [4.78, 5) is 26.3. The Kier molecular flexibility index (Phi) is 7.15. The van der Waals surface area contributed by atoms with Gasteiger partial charge in [-0.15, -0.1) is 11.6 Å². The Balaban J connectivity index is 2.88. The molecule has 1 aromatic carbocycles. The van der Waals surface area contributed by atoms with Crippen molar-refractivity contribution in [3.8, 4) is 0 Å². The van der Waals surface area contributed by atoms with Gasteiger partial charge in [0.1, 0.15) is 0 Å². The molecule has 1 atom stereocenters. The average Bonchev–Trinajstić information content (AvgIpc) is 2.61. The number of benzene rings is 1. The van der Waals surface area contributed by atoms with Gasteiger partial charge in [-0.1, -0.05) is 29.8 Å². The van der Waals surface area contributed by atoms with Crippen molar-refractivity contribution in [3.05, 3.63) is 57.4 Å². The van der Waals surface area contributed by atoms with Crippen LogP contribution in [0.2, 0.25) is 5.02 Å². The van der Waals surface area contributed by atoms with E-state index in [9.17, 15) is 19.8 Å². The number of nitrogens with zero attached hydrogens (tertiary/aromatic N) is 1. The van der Waals surface area contributed by atoms with Crippen LogP contribution in [0, 0.1) is 0 Å². The molecule has 0 bridgehead atoms. The van der Waals surface area contributed by atoms with Crippen molar-refractivity contribution < 1.29 is 24.5 Å². The highest BCUT2D eigenvalue weighted by molar-refractivity contribution is 6.31. The molecule has 1 heterocycles. The maximum Gasteiger partial charge on any atom is 0.334 e. The molecule has 0 amide bonds. The number of allylic oxidation sites excluding steroid dienone is 1. The molecule has 0 aromatic heterocycles. The zero-order chi connectivity index (χ0) is 21.1.